The third-order valence-electron chi connectivity index (χ3n) is 2.13. The number of amides is 1. The summed E-state index contributed by atoms with van der Waals surface area (Å²) in [4.78, 5) is 25.0. The maximum Gasteiger partial charge on any atom is 0.268 e. The molecule has 82 valence electrons. The molecule has 0 aliphatic heterocycles. The molecule has 1 unspecified atom stereocenters. The number of nitrogens with two attached hydrogens (primary N) is 1. The Bertz CT molecular complexity index is 382. The summed E-state index contributed by atoms with van der Waals surface area (Å²) in [6.45, 7) is 2.32. The number of aromatic nitrogens is 1. The fourth-order valence-corrected chi connectivity index (χ4v) is 1.17. The van der Waals surface area contributed by atoms with Crippen LogP contribution in [0.25, 0.3) is 0 Å². The minimum atomic E-state index is -0.301. The molecule has 0 saturated carbocycles. The van der Waals surface area contributed by atoms with Crippen molar-refractivity contribution in [1.29, 1.82) is 0 Å². The van der Waals surface area contributed by atoms with Crippen LogP contribution in [0.15, 0.2) is 23.0 Å². The van der Waals surface area contributed by atoms with E-state index < -0.39 is 0 Å². The Hall–Kier alpha value is -1.62. The fraction of sp³-hybridized carbons (Fsp3) is 0.400. The number of H-pyrrole nitrogens is 1. The molecule has 1 aromatic heterocycles. The third kappa shape index (κ3) is 3.21. The van der Waals surface area contributed by atoms with Crippen molar-refractivity contribution in [3.63, 3.8) is 0 Å². The van der Waals surface area contributed by atoms with Crippen LogP contribution in [0.1, 0.15) is 23.8 Å². The predicted octanol–water partition coefficient (Wildman–Crippen LogP) is -0.158. The van der Waals surface area contributed by atoms with Gasteiger partial charge in [0.1, 0.15) is 5.69 Å². The Morgan fingerprint density at radius 1 is 1.60 bits per heavy atom. The summed E-state index contributed by atoms with van der Waals surface area (Å²) in [5, 5.41) is 2.73. The Labute approximate surface area is 87.7 Å². The van der Waals surface area contributed by atoms with E-state index >= 15 is 0 Å². The number of hydrogen-bond acceptors (Lipinski definition) is 3. The molecule has 1 heterocycles. The Balaban J connectivity index is 2.73. The molecule has 0 aliphatic rings. The zero-order valence-corrected chi connectivity index (χ0v) is 8.62. The first-order valence-corrected chi connectivity index (χ1v) is 4.87. The Morgan fingerprint density at radius 2 is 2.33 bits per heavy atom. The molecule has 5 heteroatoms. The number of hydrogen-bond donors (Lipinski definition) is 3. The lowest BCUT2D eigenvalue weighted by Gasteiger charge is -2.13. The molecule has 1 aromatic rings. The molecule has 1 rings (SSSR count). The van der Waals surface area contributed by atoms with Gasteiger partial charge in [0.25, 0.3) is 5.91 Å². The molecule has 0 bridgehead atoms. The van der Waals surface area contributed by atoms with Gasteiger partial charge in [0.15, 0.2) is 0 Å². The van der Waals surface area contributed by atoms with Gasteiger partial charge in [-0.2, -0.15) is 0 Å². The van der Waals surface area contributed by atoms with Gasteiger partial charge in [0.05, 0.1) is 0 Å². The minimum Gasteiger partial charge on any atom is -0.347 e. The second kappa shape index (κ2) is 5.31. The van der Waals surface area contributed by atoms with Gasteiger partial charge in [-0.25, -0.2) is 0 Å². The molecule has 15 heavy (non-hydrogen) atoms. The predicted molar refractivity (Wildman–Crippen MR) is 57.7 cm³/mol. The number of aromatic amines is 1. The van der Waals surface area contributed by atoms with Gasteiger partial charge in [0.2, 0.25) is 5.56 Å². The molecule has 4 N–H and O–H groups in total. The van der Waals surface area contributed by atoms with Crippen molar-refractivity contribution in [3.05, 3.63) is 34.2 Å². The van der Waals surface area contributed by atoms with Crippen LogP contribution in [0.3, 0.4) is 0 Å². The maximum atomic E-state index is 11.6. The van der Waals surface area contributed by atoms with E-state index in [0.717, 1.165) is 6.42 Å². The minimum absolute atomic E-state index is 0.0544. The van der Waals surface area contributed by atoms with Gasteiger partial charge >= 0.3 is 0 Å². The molecule has 5 nitrogen and oxygen atoms in total. The topological polar surface area (TPSA) is 88.0 Å². The van der Waals surface area contributed by atoms with Crippen LogP contribution in [-0.2, 0) is 0 Å². The molecule has 1 atom stereocenters. The highest BCUT2D eigenvalue weighted by atomic mass is 16.2. The monoisotopic (exact) mass is 209 g/mol. The molecular weight excluding hydrogens is 194 g/mol. The number of carbonyl (C=O) groups is 1. The van der Waals surface area contributed by atoms with Crippen molar-refractivity contribution in [2.45, 2.75) is 19.4 Å². The van der Waals surface area contributed by atoms with Crippen molar-refractivity contribution in [2.24, 2.45) is 5.73 Å². The maximum absolute atomic E-state index is 11.6. The van der Waals surface area contributed by atoms with E-state index in [1.807, 2.05) is 6.92 Å². The highest BCUT2D eigenvalue weighted by Gasteiger charge is 2.10. The van der Waals surface area contributed by atoms with Gasteiger partial charge < -0.3 is 16.0 Å². The van der Waals surface area contributed by atoms with E-state index in [1.165, 1.54) is 12.1 Å². The summed E-state index contributed by atoms with van der Waals surface area (Å²) in [5.41, 5.74) is 5.42. The summed E-state index contributed by atoms with van der Waals surface area (Å²) in [6, 6.07) is 4.40. The first-order valence-electron chi connectivity index (χ1n) is 4.87. The Morgan fingerprint density at radius 3 is 2.87 bits per heavy atom. The fourth-order valence-electron chi connectivity index (χ4n) is 1.17. The molecule has 0 aliphatic carbocycles. The largest absolute Gasteiger partial charge is 0.347 e. The van der Waals surface area contributed by atoms with Gasteiger partial charge in [0, 0.05) is 18.7 Å². The summed E-state index contributed by atoms with van der Waals surface area (Å²) in [7, 11) is 0. The van der Waals surface area contributed by atoms with Gasteiger partial charge in [-0.15, -0.1) is 0 Å². The zero-order valence-electron chi connectivity index (χ0n) is 8.62. The number of carbonyl (C=O) groups excluding carboxylic acids is 1. The smallest absolute Gasteiger partial charge is 0.268 e. The van der Waals surface area contributed by atoms with Crippen LogP contribution < -0.4 is 16.6 Å². The Kier molecular flexibility index (Phi) is 4.05. The first kappa shape index (κ1) is 11.5. The zero-order chi connectivity index (χ0) is 11.3. The van der Waals surface area contributed by atoms with Gasteiger partial charge in [-0.05, 0) is 12.5 Å². The highest BCUT2D eigenvalue weighted by Crippen LogP contribution is 1.93. The quantitative estimate of drug-likeness (QED) is 0.644. The van der Waals surface area contributed by atoms with Gasteiger partial charge in [-0.1, -0.05) is 13.0 Å². The van der Waals surface area contributed by atoms with E-state index in [0.29, 0.717) is 6.54 Å². The molecular formula is C10H15N3O2. The molecule has 0 radical (unpaired) electrons. The lowest BCUT2D eigenvalue weighted by atomic mass is 10.2. The first-order chi connectivity index (χ1) is 7.17. The van der Waals surface area contributed by atoms with Crippen molar-refractivity contribution >= 4 is 5.91 Å². The van der Waals surface area contributed by atoms with Crippen LogP contribution in [0.2, 0.25) is 0 Å². The second-order valence-corrected chi connectivity index (χ2v) is 3.24. The van der Waals surface area contributed by atoms with E-state index in [4.69, 9.17) is 5.73 Å². The van der Waals surface area contributed by atoms with E-state index in [-0.39, 0.29) is 23.2 Å². The standard InChI is InChI=1S/C10H15N3O2/c1-2-7(6-11)12-10(15)8-4-3-5-9(14)13-8/h3-5,7H,2,6,11H2,1H3,(H,12,15)(H,13,14). The molecule has 0 saturated heterocycles. The van der Waals surface area contributed by atoms with Crippen LogP contribution in [0, 0.1) is 0 Å². The lowest BCUT2D eigenvalue weighted by Crippen LogP contribution is -2.40. The third-order valence-corrected chi connectivity index (χ3v) is 2.13. The average Bonchev–Trinajstić information content (AvgIpc) is 2.25. The summed E-state index contributed by atoms with van der Waals surface area (Å²) < 4.78 is 0. The van der Waals surface area contributed by atoms with E-state index in [1.54, 1.807) is 6.07 Å². The van der Waals surface area contributed by atoms with E-state index in [9.17, 15) is 9.59 Å². The van der Waals surface area contributed by atoms with Crippen molar-refractivity contribution in [3.8, 4) is 0 Å². The van der Waals surface area contributed by atoms with Crippen LogP contribution in [0.4, 0.5) is 0 Å². The summed E-state index contributed by atoms with van der Waals surface area (Å²) >= 11 is 0. The number of pyridine rings is 1. The summed E-state index contributed by atoms with van der Waals surface area (Å²) in [5.74, 6) is -0.301. The molecule has 0 aromatic carbocycles. The number of nitrogens with one attached hydrogen (secondary N) is 2. The van der Waals surface area contributed by atoms with E-state index in [2.05, 4.69) is 10.3 Å². The van der Waals surface area contributed by atoms with Gasteiger partial charge in [-0.3, -0.25) is 9.59 Å². The molecule has 0 spiro atoms. The van der Waals surface area contributed by atoms with Crippen LogP contribution in [0.5, 0.6) is 0 Å². The lowest BCUT2D eigenvalue weighted by molar-refractivity contribution is 0.0932. The van der Waals surface area contributed by atoms with Crippen molar-refractivity contribution in [1.82, 2.24) is 10.3 Å². The normalized spacial score (nSPS) is 12.1. The highest BCUT2D eigenvalue weighted by molar-refractivity contribution is 5.92. The van der Waals surface area contributed by atoms with Crippen molar-refractivity contribution in [2.75, 3.05) is 6.54 Å². The van der Waals surface area contributed by atoms with Crippen molar-refractivity contribution < 1.29 is 4.79 Å². The van der Waals surface area contributed by atoms with Crippen LogP contribution >= 0.6 is 0 Å². The molecule has 0 fully saturated rings. The number of rotatable bonds is 4. The second-order valence-electron chi connectivity index (χ2n) is 3.24. The molecule has 1 amide bonds. The average molecular weight is 209 g/mol. The summed E-state index contributed by atoms with van der Waals surface area (Å²) in [6.07, 6.45) is 0.763. The van der Waals surface area contributed by atoms with Crippen LogP contribution in [-0.4, -0.2) is 23.5 Å². The SMILES string of the molecule is CCC(CN)NC(=O)c1cccc(=O)[nH]1.